The summed E-state index contributed by atoms with van der Waals surface area (Å²) in [5, 5.41) is 17.4. The smallest absolute Gasteiger partial charge is 0.241 e. The molecule has 1 aliphatic heterocycles. The largest absolute Gasteiger partial charge is 0.504 e. The lowest BCUT2D eigenvalue weighted by Crippen LogP contribution is -2.36. The van der Waals surface area contributed by atoms with Gasteiger partial charge in [-0.1, -0.05) is 19.9 Å². The number of phenolic OH excluding ortho intramolecular Hbond substituents is 1. The Morgan fingerprint density at radius 3 is 2.88 bits per heavy atom. The molecule has 0 unspecified atom stereocenters. The van der Waals surface area contributed by atoms with Crippen LogP contribution in [0.4, 0.5) is 11.9 Å². The number of rotatable bonds is 2. The third kappa shape index (κ3) is 2.49. The van der Waals surface area contributed by atoms with Crippen molar-refractivity contribution in [1.29, 1.82) is 0 Å². The van der Waals surface area contributed by atoms with Gasteiger partial charge >= 0.3 is 0 Å². The second kappa shape index (κ2) is 5.48. The highest BCUT2D eigenvalue weighted by molar-refractivity contribution is 6.00. The fourth-order valence-electron chi connectivity index (χ4n) is 3.80. The third-order valence-electron chi connectivity index (χ3n) is 4.87. The molecule has 1 aromatic carbocycles. The van der Waals surface area contributed by atoms with Crippen molar-refractivity contribution in [3.8, 4) is 11.5 Å². The number of Topliss-reactive ketones (excluding diaryl/α,β-unsaturated/α-hetero) is 1. The van der Waals surface area contributed by atoms with E-state index in [-0.39, 0.29) is 22.9 Å². The quantitative estimate of drug-likeness (QED) is 0.756. The molecular formula is C18H21N5O3. The molecule has 2 aromatic rings. The summed E-state index contributed by atoms with van der Waals surface area (Å²) in [7, 11) is 1.49. The van der Waals surface area contributed by atoms with Gasteiger partial charge in [-0.25, -0.2) is 4.68 Å². The number of fused-ring (bicyclic) bond motifs is 1. The number of allylic oxidation sites excluding steroid dienone is 2. The van der Waals surface area contributed by atoms with E-state index in [1.165, 1.54) is 7.11 Å². The molecule has 26 heavy (non-hydrogen) atoms. The average molecular weight is 355 g/mol. The number of aromatic hydroxyl groups is 1. The van der Waals surface area contributed by atoms with Crippen LogP contribution in [0.3, 0.4) is 0 Å². The molecular weight excluding hydrogens is 334 g/mol. The number of anilines is 2. The molecule has 136 valence electrons. The van der Waals surface area contributed by atoms with Crippen molar-refractivity contribution in [1.82, 2.24) is 14.8 Å². The molecule has 1 aromatic heterocycles. The highest BCUT2D eigenvalue weighted by atomic mass is 16.5. The Morgan fingerprint density at radius 1 is 1.38 bits per heavy atom. The summed E-state index contributed by atoms with van der Waals surface area (Å²) in [5.41, 5.74) is 7.96. The number of methoxy groups -OCH3 is 1. The summed E-state index contributed by atoms with van der Waals surface area (Å²) >= 11 is 0. The first kappa shape index (κ1) is 16.4. The van der Waals surface area contributed by atoms with Crippen LogP contribution in [-0.2, 0) is 4.79 Å². The zero-order valence-corrected chi connectivity index (χ0v) is 14.9. The van der Waals surface area contributed by atoms with Crippen LogP contribution in [0, 0.1) is 5.41 Å². The van der Waals surface area contributed by atoms with E-state index in [1.54, 1.807) is 22.9 Å². The summed E-state index contributed by atoms with van der Waals surface area (Å²) in [5.74, 6) is 1.08. The van der Waals surface area contributed by atoms with Crippen molar-refractivity contribution < 1.29 is 14.6 Å². The zero-order chi connectivity index (χ0) is 18.6. The maximum Gasteiger partial charge on any atom is 0.241 e. The molecule has 0 fully saturated rings. The zero-order valence-electron chi connectivity index (χ0n) is 14.9. The van der Waals surface area contributed by atoms with Gasteiger partial charge in [-0.05, 0) is 29.5 Å². The van der Waals surface area contributed by atoms with E-state index in [1.807, 2.05) is 0 Å². The van der Waals surface area contributed by atoms with Crippen LogP contribution in [0.15, 0.2) is 29.5 Å². The van der Waals surface area contributed by atoms with Crippen LogP contribution in [0.2, 0.25) is 0 Å². The molecule has 0 radical (unpaired) electrons. The molecule has 2 aliphatic rings. The number of ether oxygens (including phenoxy) is 1. The Morgan fingerprint density at radius 2 is 2.15 bits per heavy atom. The van der Waals surface area contributed by atoms with Crippen molar-refractivity contribution >= 4 is 17.7 Å². The normalized spacial score (nSPS) is 21.0. The minimum atomic E-state index is -0.468. The van der Waals surface area contributed by atoms with E-state index in [0.29, 0.717) is 23.7 Å². The number of nitrogens with zero attached hydrogens (tertiary/aromatic N) is 3. The number of benzene rings is 1. The Balaban J connectivity index is 1.92. The second-order valence-electron chi connectivity index (χ2n) is 7.53. The topological polar surface area (TPSA) is 115 Å². The molecule has 8 heteroatoms. The van der Waals surface area contributed by atoms with E-state index in [2.05, 4.69) is 29.2 Å². The van der Waals surface area contributed by atoms with Gasteiger partial charge in [-0.2, -0.15) is 4.98 Å². The average Bonchev–Trinajstić information content (AvgIpc) is 2.92. The highest BCUT2D eigenvalue weighted by Gasteiger charge is 2.41. The van der Waals surface area contributed by atoms with E-state index in [9.17, 15) is 9.90 Å². The van der Waals surface area contributed by atoms with Crippen LogP contribution < -0.4 is 15.8 Å². The van der Waals surface area contributed by atoms with Gasteiger partial charge in [0, 0.05) is 17.7 Å². The molecule has 1 atom stereocenters. The van der Waals surface area contributed by atoms with Crippen molar-refractivity contribution in [2.24, 2.45) is 5.41 Å². The Hall–Kier alpha value is -3.03. The van der Waals surface area contributed by atoms with Crippen molar-refractivity contribution in [3.05, 3.63) is 35.0 Å². The fraction of sp³-hybridized carbons (Fsp3) is 0.389. The van der Waals surface area contributed by atoms with Gasteiger partial charge in [0.15, 0.2) is 17.3 Å². The molecule has 0 saturated carbocycles. The molecule has 1 aliphatic carbocycles. The number of nitrogens with one attached hydrogen (secondary N) is 1. The lowest BCUT2D eigenvalue weighted by molar-refractivity contribution is -0.118. The van der Waals surface area contributed by atoms with Gasteiger partial charge in [-0.15, -0.1) is 5.10 Å². The number of hydrogen-bond acceptors (Lipinski definition) is 7. The molecule has 0 saturated heterocycles. The lowest BCUT2D eigenvalue weighted by atomic mass is 9.73. The Kier molecular flexibility index (Phi) is 3.47. The predicted molar refractivity (Wildman–Crippen MR) is 95.9 cm³/mol. The van der Waals surface area contributed by atoms with Crippen LogP contribution >= 0.6 is 0 Å². The first-order valence-corrected chi connectivity index (χ1v) is 8.41. The molecule has 8 nitrogen and oxygen atoms in total. The molecule has 2 heterocycles. The van der Waals surface area contributed by atoms with Gasteiger partial charge in [0.05, 0.1) is 7.11 Å². The fourth-order valence-corrected chi connectivity index (χ4v) is 3.80. The van der Waals surface area contributed by atoms with Gasteiger partial charge in [0.2, 0.25) is 11.9 Å². The first-order valence-electron chi connectivity index (χ1n) is 8.41. The summed E-state index contributed by atoms with van der Waals surface area (Å²) in [6, 6.07) is 4.55. The molecule has 0 amide bonds. The highest BCUT2D eigenvalue weighted by Crippen LogP contribution is 2.46. The second-order valence-corrected chi connectivity index (χ2v) is 7.53. The monoisotopic (exact) mass is 355 g/mol. The summed E-state index contributed by atoms with van der Waals surface area (Å²) < 4.78 is 6.85. The number of phenols is 1. The van der Waals surface area contributed by atoms with E-state index in [4.69, 9.17) is 10.5 Å². The minimum Gasteiger partial charge on any atom is -0.504 e. The van der Waals surface area contributed by atoms with Crippen molar-refractivity contribution in [2.45, 2.75) is 32.7 Å². The Bertz CT molecular complexity index is 944. The van der Waals surface area contributed by atoms with E-state index in [0.717, 1.165) is 17.7 Å². The summed E-state index contributed by atoms with van der Waals surface area (Å²) in [6.45, 7) is 4.14. The van der Waals surface area contributed by atoms with Crippen molar-refractivity contribution in [3.63, 3.8) is 0 Å². The third-order valence-corrected chi connectivity index (χ3v) is 4.87. The van der Waals surface area contributed by atoms with Gasteiger partial charge in [0.1, 0.15) is 6.04 Å². The van der Waals surface area contributed by atoms with Gasteiger partial charge < -0.3 is 20.9 Å². The molecule has 4 N–H and O–H groups in total. The summed E-state index contributed by atoms with van der Waals surface area (Å²) in [4.78, 5) is 17.2. The van der Waals surface area contributed by atoms with Crippen molar-refractivity contribution in [2.75, 3.05) is 18.2 Å². The number of aromatic nitrogens is 3. The van der Waals surface area contributed by atoms with Crippen LogP contribution in [0.1, 0.15) is 38.3 Å². The van der Waals surface area contributed by atoms with Gasteiger partial charge in [-0.3, -0.25) is 4.79 Å². The predicted octanol–water partition coefficient (Wildman–Crippen LogP) is 2.23. The van der Waals surface area contributed by atoms with Crippen LogP contribution in [0.25, 0.3) is 0 Å². The summed E-state index contributed by atoms with van der Waals surface area (Å²) in [6.07, 6.45) is 1.19. The molecule has 0 spiro atoms. The SMILES string of the molecule is COc1cc([C@@H]2C3=C(CC(C)(C)CC3=O)Nc3nc(N)nn32)ccc1O. The number of nitrogens with two attached hydrogens (primary N) is 1. The number of hydrogen-bond donors (Lipinski definition) is 3. The first-order chi connectivity index (χ1) is 12.3. The molecule has 0 bridgehead atoms. The minimum absolute atomic E-state index is 0.0359. The standard InChI is InChI=1S/C18H21N5O3/c1-18(2)7-10-14(12(25)8-18)15(23-17(20-10)21-16(19)22-23)9-4-5-11(24)13(6-9)26-3/h4-6,15,24H,7-8H2,1-3H3,(H3,19,20,21,22)/t15-/m1/s1. The Labute approximate surface area is 150 Å². The number of ketones is 1. The van der Waals surface area contributed by atoms with E-state index >= 15 is 0 Å². The van der Waals surface area contributed by atoms with Crippen LogP contribution in [0.5, 0.6) is 11.5 Å². The van der Waals surface area contributed by atoms with Crippen LogP contribution in [-0.4, -0.2) is 32.8 Å². The molecule has 4 rings (SSSR count). The van der Waals surface area contributed by atoms with Gasteiger partial charge in [0.25, 0.3) is 0 Å². The maximum absolute atomic E-state index is 13.0. The number of nitrogen functional groups attached to an aromatic ring is 1. The number of carbonyl (C=O) groups excluding carboxylic acids is 1. The number of carbonyl (C=O) groups is 1. The maximum atomic E-state index is 13.0. The lowest BCUT2D eigenvalue weighted by Gasteiger charge is -2.38. The van der Waals surface area contributed by atoms with E-state index < -0.39 is 6.04 Å².